The monoisotopic (exact) mass is 326 g/mol. The number of primary amides is 1. The van der Waals surface area contributed by atoms with Crippen LogP contribution in [0.15, 0.2) is 28.3 Å². The highest BCUT2D eigenvalue weighted by Crippen LogP contribution is 2.23. The van der Waals surface area contributed by atoms with Crippen LogP contribution in [0, 0.1) is 0 Å². The quantitative estimate of drug-likeness (QED) is 0.837. The molecule has 1 aromatic rings. The molecule has 0 aliphatic carbocycles. The van der Waals surface area contributed by atoms with E-state index < -0.39 is 21.9 Å². The van der Waals surface area contributed by atoms with E-state index in [-0.39, 0.29) is 0 Å². The molecule has 96 valence electrons. The molecule has 0 saturated heterocycles. The van der Waals surface area contributed by atoms with Gasteiger partial charge in [0.1, 0.15) is 10.1 Å². The summed E-state index contributed by atoms with van der Waals surface area (Å²) < 4.78 is 0. The number of rotatable bonds is 3. The molecule has 0 bridgehead atoms. The minimum atomic E-state index is -0.999. The number of carbonyl (C=O) groups excluding carboxylic acids is 2. The van der Waals surface area contributed by atoms with Crippen molar-refractivity contribution in [3.63, 3.8) is 0 Å². The van der Waals surface area contributed by atoms with Gasteiger partial charge in [0.2, 0.25) is 0 Å². The van der Waals surface area contributed by atoms with E-state index in [9.17, 15) is 9.59 Å². The lowest BCUT2D eigenvalue weighted by atomic mass is 10.3. The molecule has 1 rings (SSSR count). The molecule has 0 atom stereocenters. The van der Waals surface area contributed by atoms with Crippen molar-refractivity contribution in [1.29, 1.82) is 0 Å². The van der Waals surface area contributed by atoms with E-state index >= 15 is 0 Å². The summed E-state index contributed by atoms with van der Waals surface area (Å²) in [6.07, 6.45) is 0. The van der Waals surface area contributed by atoms with Crippen LogP contribution in [0.2, 0.25) is 10.0 Å². The number of benzene rings is 1. The lowest BCUT2D eigenvalue weighted by molar-refractivity contribution is -0.115. The standard InChI is InChI=1S/C10H6Cl4N2O2/c11-4-1-5(12)3-6(2-4)16-10(18)8(14)7(13)9(15)17/h1-3H,(H2,15,17)(H,16,18)/b8-7-. The molecule has 4 nitrogen and oxygen atoms in total. The van der Waals surface area contributed by atoms with Gasteiger partial charge in [0.05, 0.1) is 0 Å². The number of nitrogens with one attached hydrogen (secondary N) is 1. The maximum atomic E-state index is 11.6. The van der Waals surface area contributed by atoms with Gasteiger partial charge in [0.15, 0.2) is 0 Å². The van der Waals surface area contributed by atoms with Crippen molar-refractivity contribution in [2.45, 2.75) is 0 Å². The van der Waals surface area contributed by atoms with Crippen LogP contribution in [0.5, 0.6) is 0 Å². The molecule has 0 fully saturated rings. The maximum absolute atomic E-state index is 11.6. The Hall–Kier alpha value is -0.940. The van der Waals surface area contributed by atoms with E-state index in [1.165, 1.54) is 18.2 Å². The summed E-state index contributed by atoms with van der Waals surface area (Å²) in [6, 6.07) is 4.40. The summed E-state index contributed by atoms with van der Waals surface area (Å²) in [5.41, 5.74) is 5.19. The first-order chi connectivity index (χ1) is 8.31. The summed E-state index contributed by atoms with van der Waals surface area (Å²) in [7, 11) is 0. The van der Waals surface area contributed by atoms with Crippen LogP contribution < -0.4 is 11.1 Å². The molecule has 0 aliphatic rings. The van der Waals surface area contributed by atoms with Crippen LogP contribution in [-0.4, -0.2) is 11.8 Å². The van der Waals surface area contributed by atoms with Crippen LogP contribution in [0.4, 0.5) is 5.69 Å². The van der Waals surface area contributed by atoms with Gasteiger partial charge in [-0.2, -0.15) is 0 Å². The first-order valence-corrected chi connectivity index (χ1v) is 5.95. The molecule has 1 aromatic carbocycles. The molecule has 0 aromatic heterocycles. The first kappa shape index (κ1) is 15.1. The summed E-state index contributed by atoms with van der Waals surface area (Å²) in [6.45, 7) is 0. The van der Waals surface area contributed by atoms with E-state index in [1.807, 2.05) is 0 Å². The molecule has 0 aliphatic heterocycles. The van der Waals surface area contributed by atoms with E-state index in [0.717, 1.165) is 0 Å². The average molecular weight is 328 g/mol. The normalized spacial score (nSPS) is 11.8. The van der Waals surface area contributed by atoms with Gasteiger partial charge in [-0.3, -0.25) is 9.59 Å². The fourth-order valence-corrected chi connectivity index (χ4v) is 1.77. The predicted octanol–water partition coefficient (Wildman–Crippen LogP) is 3.11. The average Bonchev–Trinajstić information content (AvgIpc) is 2.25. The Labute approximate surface area is 123 Å². The second kappa shape index (κ2) is 6.29. The third kappa shape index (κ3) is 4.07. The largest absolute Gasteiger partial charge is 0.365 e. The van der Waals surface area contributed by atoms with Crippen molar-refractivity contribution >= 4 is 63.9 Å². The van der Waals surface area contributed by atoms with E-state index in [4.69, 9.17) is 52.1 Å². The summed E-state index contributed by atoms with van der Waals surface area (Å²) in [5, 5.41) is 1.97. The molecular formula is C10H6Cl4N2O2. The SMILES string of the molecule is NC(=O)/C(Cl)=C(/Cl)C(=O)Nc1cc(Cl)cc(Cl)c1. The van der Waals surface area contributed by atoms with Gasteiger partial charge < -0.3 is 11.1 Å². The minimum absolute atomic E-state index is 0.310. The number of hydrogen-bond acceptors (Lipinski definition) is 2. The fourth-order valence-electron chi connectivity index (χ4n) is 1.02. The Morgan fingerprint density at radius 3 is 1.94 bits per heavy atom. The third-order valence-electron chi connectivity index (χ3n) is 1.73. The third-order valence-corrected chi connectivity index (χ3v) is 3.00. The summed E-state index contributed by atoms with van der Waals surface area (Å²) in [5.74, 6) is -1.79. The Balaban J connectivity index is 2.95. The van der Waals surface area contributed by atoms with Crippen molar-refractivity contribution in [2.24, 2.45) is 5.73 Å². The van der Waals surface area contributed by atoms with Gasteiger partial charge in [0.25, 0.3) is 11.8 Å². The second-order valence-electron chi connectivity index (χ2n) is 3.10. The number of amides is 2. The van der Waals surface area contributed by atoms with E-state index in [1.54, 1.807) is 0 Å². The summed E-state index contributed by atoms with van der Waals surface area (Å²) >= 11 is 22.5. The Kier molecular flexibility index (Phi) is 5.28. The first-order valence-electron chi connectivity index (χ1n) is 4.43. The predicted molar refractivity (Wildman–Crippen MR) is 73.0 cm³/mol. The molecule has 0 unspecified atom stereocenters. The molecule has 0 radical (unpaired) electrons. The van der Waals surface area contributed by atoms with Crippen molar-refractivity contribution in [1.82, 2.24) is 0 Å². The second-order valence-corrected chi connectivity index (χ2v) is 4.73. The van der Waals surface area contributed by atoms with Crippen molar-refractivity contribution in [3.05, 3.63) is 38.3 Å². The molecule has 3 N–H and O–H groups in total. The molecule has 2 amide bonds. The zero-order valence-corrected chi connectivity index (χ0v) is 11.7. The van der Waals surface area contributed by atoms with Crippen LogP contribution in [0.1, 0.15) is 0 Å². The zero-order chi connectivity index (χ0) is 13.9. The van der Waals surface area contributed by atoms with Gasteiger partial charge in [0, 0.05) is 15.7 Å². The lowest BCUT2D eigenvalue weighted by Crippen LogP contribution is -2.18. The van der Waals surface area contributed by atoms with Crippen LogP contribution >= 0.6 is 46.4 Å². The Morgan fingerprint density at radius 2 is 1.50 bits per heavy atom. The Bertz CT molecular complexity index is 522. The molecule has 0 spiro atoms. The fraction of sp³-hybridized carbons (Fsp3) is 0. The van der Waals surface area contributed by atoms with E-state index in [0.29, 0.717) is 15.7 Å². The molecular weight excluding hydrogens is 322 g/mol. The highest BCUT2D eigenvalue weighted by molar-refractivity contribution is 6.54. The molecule has 0 saturated carbocycles. The molecule has 18 heavy (non-hydrogen) atoms. The van der Waals surface area contributed by atoms with Crippen LogP contribution in [0.3, 0.4) is 0 Å². The van der Waals surface area contributed by atoms with E-state index in [2.05, 4.69) is 5.32 Å². The lowest BCUT2D eigenvalue weighted by Gasteiger charge is -2.06. The number of nitrogens with two attached hydrogens (primary N) is 1. The number of hydrogen-bond donors (Lipinski definition) is 2. The smallest absolute Gasteiger partial charge is 0.268 e. The van der Waals surface area contributed by atoms with Crippen molar-refractivity contribution in [3.8, 4) is 0 Å². The minimum Gasteiger partial charge on any atom is -0.365 e. The van der Waals surface area contributed by atoms with Gasteiger partial charge >= 0.3 is 0 Å². The number of halogens is 4. The maximum Gasteiger partial charge on any atom is 0.268 e. The number of anilines is 1. The van der Waals surface area contributed by atoms with Crippen LogP contribution in [0.25, 0.3) is 0 Å². The Morgan fingerprint density at radius 1 is 1.00 bits per heavy atom. The molecule has 0 heterocycles. The highest BCUT2D eigenvalue weighted by atomic mass is 35.5. The zero-order valence-electron chi connectivity index (χ0n) is 8.64. The van der Waals surface area contributed by atoms with Gasteiger partial charge in [-0.05, 0) is 18.2 Å². The van der Waals surface area contributed by atoms with Crippen LogP contribution in [-0.2, 0) is 9.59 Å². The van der Waals surface area contributed by atoms with Crippen molar-refractivity contribution in [2.75, 3.05) is 5.32 Å². The number of carbonyl (C=O) groups is 2. The van der Waals surface area contributed by atoms with Gasteiger partial charge in [-0.15, -0.1) is 0 Å². The van der Waals surface area contributed by atoms with Gasteiger partial charge in [-0.25, -0.2) is 0 Å². The highest BCUT2D eigenvalue weighted by Gasteiger charge is 2.16. The topological polar surface area (TPSA) is 72.2 Å². The molecule has 8 heteroatoms. The van der Waals surface area contributed by atoms with Crippen molar-refractivity contribution < 1.29 is 9.59 Å². The summed E-state index contributed by atoms with van der Waals surface area (Å²) in [4.78, 5) is 22.3. The van der Waals surface area contributed by atoms with Gasteiger partial charge in [-0.1, -0.05) is 46.4 Å².